The number of hydrogen-bond acceptors (Lipinski definition) is 4. The molecule has 0 bridgehead atoms. The minimum Gasteiger partial charge on any atom is -0.490 e. The van der Waals surface area contributed by atoms with Crippen molar-refractivity contribution in [1.29, 1.82) is 0 Å². The number of ether oxygens (including phenoxy) is 1. The second-order valence-corrected chi connectivity index (χ2v) is 10.7. The lowest BCUT2D eigenvalue weighted by Gasteiger charge is -2.34. The largest absolute Gasteiger partial charge is 0.490 e. The van der Waals surface area contributed by atoms with E-state index in [1.54, 1.807) is 0 Å². The van der Waals surface area contributed by atoms with Gasteiger partial charge in [-0.25, -0.2) is 0 Å². The molecule has 37 heavy (non-hydrogen) atoms. The average molecular weight is 498 g/mol. The van der Waals surface area contributed by atoms with Crippen LogP contribution in [0.4, 0.5) is 0 Å². The Labute approximate surface area is 223 Å². The van der Waals surface area contributed by atoms with Gasteiger partial charge in [0, 0.05) is 44.7 Å². The van der Waals surface area contributed by atoms with Gasteiger partial charge in [-0.3, -0.25) is 4.90 Å². The Hall–Kier alpha value is -2.66. The standard InChI is InChI=1S/C33H43N3O/c1-2-36-21-9-14-30(36)25-34-24-27-15-17-31(18-16-27)37-32-19-22-35(23-20-32)26-33(28-10-5-3-6-11-28)29-12-7-4-8-13-29/h3-8,10-13,15-18,30,32-34H,2,9,14,19-26H2,1H3. The van der Waals surface area contributed by atoms with Crippen molar-refractivity contribution in [2.45, 2.75) is 57.2 Å². The lowest BCUT2D eigenvalue weighted by Crippen LogP contribution is -2.40. The lowest BCUT2D eigenvalue weighted by atomic mass is 9.90. The average Bonchev–Trinajstić information content (AvgIpc) is 3.42. The van der Waals surface area contributed by atoms with Crippen LogP contribution in [0.5, 0.6) is 5.75 Å². The molecule has 0 aromatic heterocycles. The molecule has 1 atom stereocenters. The van der Waals surface area contributed by atoms with E-state index in [4.69, 9.17) is 4.74 Å². The van der Waals surface area contributed by atoms with Gasteiger partial charge in [0.15, 0.2) is 0 Å². The lowest BCUT2D eigenvalue weighted by molar-refractivity contribution is 0.0988. The highest BCUT2D eigenvalue weighted by molar-refractivity contribution is 5.33. The molecule has 0 radical (unpaired) electrons. The van der Waals surface area contributed by atoms with Crippen molar-refractivity contribution < 1.29 is 4.74 Å². The number of hydrogen-bond donors (Lipinski definition) is 1. The summed E-state index contributed by atoms with van der Waals surface area (Å²) in [5.41, 5.74) is 4.12. The first kappa shape index (κ1) is 26.0. The molecule has 0 spiro atoms. The van der Waals surface area contributed by atoms with Crippen LogP contribution in [0.2, 0.25) is 0 Å². The molecule has 1 unspecified atom stereocenters. The molecule has 0 saturated carbocycles. The molecular formula is C33H43N3O. The molecule has 3 aromatic rings. The van der Waals surface area contributed by atoms with Crippen LogP contribution in [0.1, 0.15) is 55.2 Å². The first-order valence-electron chi connectivity index (χ1n) is 14.3. The van der Waals surface area contributed by atoms with Gasteiger partial charge in [-0.15, -0.1) is 0 Å². The van der Waals surface area contributed by atoms with Crippen LogP contribution in [0.15, 0.2) is 84.9 Å². The summed E-state index contributed by atoms with van der Waals surface area (Å²) in [4.78, 5) is 5.21. The van der Waals surface area contributed by atoms with Gasteiger partial charge in [-0.05, 0) is 67.6 Å². The van der Waals surface area contributed by atoms with Crippen LogP contribution in [0, 0.1) is 0 Å². The van der Waals surface area contributed by atoms with E-state index < -0.39 is 0 Å². The molecule has 1 N–H and O–H groups in total. The van der Waals surface area contributed by atoms with Gasteiger partial charge in [0.2, 0.25) is 0 Å². The van der Waals surface area contributed by atoms with Gasteiger partial charge in [0.05, 0.1) is 0 Å². The maximum atomic E-state index is 6.39. The zero-order valence-electron chi connectivity index (χ0n) is 22.4. The first-order valence-corrected chi connectivity index (χ1v) is 14.3. The number of nitrogens with zero attached hydrogens (tertiary/aromatic N) is 2. The summed E-state index contributed by atoms with van der Waals surface area (Å²) < 4.78 is 6.39. The molecule has 0 amide bonds. The van der Waals surface area contributed by atoms with Crippen molar-refractivity contribution in [3.05, 3.63) is 102 Å². The number of nitrogens with one attached hydrogen (secondary N) is 1. The topological polar surface area (TPSA) is 27.7 Å². The fraction of sp³-hybridized carbons (Fsp3) is 0.455. The maximum absolute atomic E-state index is 6.39. The molecule has 5 rings (SSSR count). The molecule has 4 nitrogen and oxygen atoms in total. The maximum Gasteiger partial charge on any atom is 0.119 e. The summed E-state index contributed by atoms with van der Waals surface area (Å²) in [6.45, 7) is 9.92. The van der Waals surface area contributed by atoms with Crippen LogP contribution in [0.25, 0.3) is 0 Å². The Balaban J connectivity index is 1.08. The summed E-state index contributed by atoms with van der Waals surface area (Å²) in [7, 11) is 0. The Kier molecular flexibility index (Phi) is 9.28. The normalized spacial score (nSPS) is 19.5. The number of piperidine rings is 1. The zero-order valence-corrected chi connectivity index (χ0v) is 22.4. The van der Waals surface area contributed by atoms with Crippen LogP contribution in [0.3, 0.4) is 0 Å². The van der Waals surface area contributed by atoms with E-state index in [9.17, 15) is 0 Å². The predicted octanol–water partition coefficient (Wildman–Crippen LogP) is 5.94. The van der Waals surface area contributed by atoms with E-state index in [1.165, 1.54) is 36.1 Å². The molecule has 2 aliphatic heterocycles. The van der Waals surface area contributed by atoms with Gasteiger partial charge < -0.3 is 15.0 Å². The van der Waals surface area contributed by atoms with E-state index in [0.717, 1.165) is 57.9 Å². The van der Waals surface area contributed by atoms with Gasteiger partial charge in [0.25, 0.3) is 0 Å². The molecule has 2 heterocycles. The smallest absolute Gasteiger partial charge is 0.119 e. The third-order valence-corrected chi connectivity index (χ3v) is 8.22. The Morgan fingerprint density at radius 1 is 0.811 bits per heavy atom. The van der Waals surface area contributed by atoms with Crippen LogP contribution in [-0.4, -0.2) is 61.2 Å². The summed E-state index contributed by atoms with van der Waals surface area (Å²) in [5.74, 6) is 1.40. The quantitative estimate of drug-likeness (QED) is 0.355. The summed E-state index contributed by atoms with van der Waals surface area (Å²) in [6.07, 6.45) is 5.12. The second kappa shape index (κ2) is 13.2. The zero-order chi connectivity index (χ0) is 25.3. The van der Waals surface area contributed by atoms with Crippen molar-refractivity contribution >= 4 is 0 Å². The fourth-order valence-corrected chi connectivity index (χ4v) is 6.05. The molecule has 2 fully saturated rings. The van der Waals surface area contributed by atoms with E-state index in [-0.39, 0.29) is 0 Å². The number of likely N-dealkylation sites (N-methyl/N-ethyl adjacent to an activating group) is 1. The Morgan fingerprint density at radius 3 is 2.08 bits per heavy atom. The molecular weight excluding hydrogens is 454 g/mol. The molecule has 2 saturated heterocycles. The minimum atomic E-state index is 0.300. The van der Waals surface area contributed by atoms with Crippen molar-refractivity contribution in [3.63, 3.8) is 0 Å². The Morgan fingerprint density at radius 2 is 1.46 bits per heavy atom. The third-order valence-electron chi connectivity index (χ3n) is 8.22. The van der Waals surface area contributed by atoms with Crippen molar-refractivity contribution in [2.24, 2.45) is 0 Å². The van der Waals surface area contributed by atoms with E-state index in [1.807, 2.05) is 0 Å². The van der Waals surface area contributed by atoms with Gasteiger partial charge in [0.1, 0.15) is 11.9 Å². The Bertz CT molecular complexity index is 1010. The van der Waals surface area contributed by atoms with Crippen LogP contribution in [-0.2, 0) is 6.54 Å². The highest BCUT2D eigenvalue weighted by Crippen LogP contribution is 2.28. The van der Waals surface area contributed by atoms with Crippen LogP contribution < -0.4 is 10.1 Å². The number of benzene rings is 3. The van der Waals surface area contributed by atoms with Crippen molar-refractivity contribution in [2.75, 3.05) is 39.3 Å². The highest BCUT2D eigenvalue weighted by Gasteiger charge is 2.25. The summed E-state index contributed by atoms with van der Waals surface area (Å²) >= 11 is 0. The van der Waals surface area contributed by atoms with E-state index in [2.05, 4.69) is 107 Å². The van der Waals surface area contributed by atoms with Crippen molar-refractivity contribution in [1.82, 2.24) is 15.1 Å². The monoisotopic (exact) mass is 497 g/mol. The van der Waals surface area contributed by atoms with E-state index in [0.29, 0.717) is 18.1 Å². The molecule has 4 heteroatoms. The SMILES string of the molecule is CCN1CCCC1CNCc1ccc(OC2CCN(CC(c3ccccc3)c3ccccc3)CC2)cc1. The third kappa shape index (κ3) is 7.22. The number of likely N-dealkylation sites (tertiary alicyclic amines) is 2. The number of rotatable bonds is 11. The summed E-state index contributed by atoms with van der Waals surface area (Å²) in [5, 5.41) is 3.66. The van der Waals surface area contributed by atoms with Crippen molar-refractivity contribution in [3.8, 4) is 5.75 Å². The van der Waals surface area contributed by atoms with Gasteiger partial charge in [-0.1, -0.05) is 79.7 Å². The predicted molar refractivity (Wildman–Crippen MR) is 153 cm³/mol. The molecule has 2 aliphatic rings. The minimum absolute atomic E-state index is 0.300. The van der Waals surface area contributed by atoms with E-state index >= 15 is 0 Å². The first-order chi connectivity index (χ1) is 18.3. The molecule has 3 aromatic carbocycles. The fourth-order valence-electron chi connectivity index (χ4n) is 6.05. The molecule has 196 valence electrons. The van der Waals surface area contributed by atoms with Gasteiger partial charge in [-0.2, -0.15) is 0 Å². The van der Waals surface area contributed by atoms with Crippen LogP contribution >= 0.6 is 0 Å². The molecule has 0 aliphatic carbocycles. The second-order valence-electron chi connectivity index (χ2n) is 10.7. The summed E-state index contributed by atoms with van der Waals surface area (Å²) in [6, 6.07) is 31.3. The van der Waals surface area contributed by atoms with Gasteiger partial charge >= 0.3 is 0 Å². The highest BCUT2D eigenvalue weighted by atomic mass is 16.5.